The quantitative estimate of drug-likeness (QED) is 0.741. The number of halogens is 2. The lowest BCUT2D eigenvalue weighted by atomic mass is 10.2. The highest BCUT2D eigenvalue weighted by Gasteiger charge is 2.06. The minimum Gasteiger partial charge on any atom is -0.366 e. The van der Waals surface area contributed by atoms with E-state index < -0.39 is 0 Å². The third kappa shape index (κ3) is 3.56. The number of anilines is 1. The molecule has 0 saturated carbocycles. The van der Waals surface area contributed by atoms with Crippen LogP contribution in [0.4, 0.5) is 10.2 Å². The van der Waals surface area contributed by atoms with E-state index in [0.29, 0.717) is 23.3 Å². The molecule has 0 saturated heterocycles. The summed E-state index contributed by atoms with van der Waals surface area (Å²) in [6.45, 7) is 0.517. The Labute approximate surface area is 132 Å². The van der Waals surface area contributed by atoms with E-state index in [1.54, 1.807) is 30.6 Å². The third-order valence-electron chi connectivity index (χ3n) is 3.02. The fourth-order valence-corrected chi connectivity index (χ4v) is 2.12. The molecule has 0 spiro atoms. The van der Waals surface area contributed by atoms with Crippen molar-refractivity contribution in [2.75, 3.05) is 5.32 Å². The standard InChI is InChI=1S/C16H12ClFN4/c17-14-9-15(20-10-11-1-3-13(18)4-2-11)22-16(21-14)12-5-7-19-8-6-12/h1-9H,10H2,(H,20,21,22). The van der Waals surface area contributed by atoms with E-state index in [0.717, 1.165) is 11.1 Å². The Bertz CT molecular complexity index is 763. The number of aromatic nitrogens is 3. The van der Waals surface area contributed by atoms with E-state index in [1.807, 2.05) is 12.1 Å². The summed E-state index contributed by atoms with van der Waals surface area (Å²) < 4.78 is 12.9. The molecule has 6 heteroatoms. The number of nitrogens with zero attached hydrogens (tertiary/aromatic N) is 3. The average Bonchev–Trinajstić information content (AvgIpc) is 2.55. The van der Waals surface area contributed by atoms with Crippen LogP contribution in [0.2, 0.25) is 5.15 Å². The van der Waals surface area contributed by atoms with Crippen LogP contribution in [0, 0.1) is 5.82 Å². The molecule has 0 aliphatic heterocycles. The van der Waals surface area contributed by atoms with Crippen molar-refractivity contribution in [1.82, 2.24) is 15.0 Å². The van der Waals surface area contributed by atoms with Gasteiger partial charge in [-0.15, -0.1) is 0 Å². The molecular weight excluding hydrogens is 303 g/mol. The minimum atomic E-state index is -0.256. The van der Waals surface area contributed by atoms with Crippen molar-refractivity contribution < 1.29 is 4.39 Å². The molecule has 22 heavy (non-hydrogen) atoms. The van der Waals surface area contributed by atoms with Crippen molar-refractivity contribution in [3.63, 3.8) is 0 Å². The second-order valence-electron chi connectivity index (χ2n) is 4.62. The highest BCUT2D eigenvalue weighted by molar-refractivity contribution is 6.29. The molecule has 4 nitrogen and oxygen atoms in total. The molecule has 1 aromatic carbocycles. The molecule has 0 fully saturated rings. The van der Waals surface area contributed by atoms with Crippen LogP contribution in [0.3, 0.4) is 0 Å². The van der Waals surface area contributed by atoms with Gasteiger partial charge in [0, 0.05) is 30.6 Å². The number of pyridine rings is 1. The maximum Gasteiger partial charge on any atom is 0.163 e. The normalized spacial score (nSPS) is 10.5. The Hall–Kier alpha value is -2.53. The summed E-state index contributed by atoms with van der Waals surface area (Å²) in [6, 6.07) is 11.6. The molecule has 0 unspecified atom stereocenters. The zero-order chi connectivity index (χ0) is 15.4. The monoisotopic (exact) mass is 314 g/mol. The summed E-state index contributed by atoms with van der Waals surface area (Å²) >= 11 is 6.05. The smallest absolute Gasteiger partial charge is 0.163 e. The Balaban J connectivity index is 1.79. The zero-order valence-corrected chi connectivity index (χ0v) is 12.3. The molecule has 0 radical (unpaired) electrons. The molecule has 0 atom stereocenters. The van der Waals surface area contributed by atoms with E-state index >= 15 is 0 Å². The largest absolute Gasteiger partial charge is 0.366 e. The van der Waals surface area contributed by atoms with Gasteiger partial charge in [0.15, 0.2) is 5.82 Å². The number of benzene rings is 1. The summed E-state index contributed by atoms with van der Waals surface area (Å²) in [5.41, 5.74) is 1.78. The van der Waals surface area contributed by atoms with Gasteiger partial charge >= 0.3 is 0 Å². The maximum absolute atomic E-state index is 12.9. The third-order valence-corrected chi connectivity index (χ3v) is 3.21. The lowest BCUT2D eigenvalue weighted by molar-refractivity contribution is 0.627. The Morgan fingerprint density at radius 3 is 2.45 bits per heavy atom. The van der Waals surface area contributed by atoms with E-state index in [2.05, 4.69) is 20.3 Å². The zero-order valence-electron chi connectivity index (χ0n) is 11.5. The molecule has 0 aliphatic rings. The lowest BCUT2D eigenvalue weighted by Crippen LogP contribution is -2.03. The summed E-state index contributed by atoms with van der Waals surface area (Å²) in [4.78, 5) is 12.6. The summed E-state index contributed by atoms with van der Waals surface area (Å²) in [6.07, 6.45) is 3.34. The first-order valence-corrected chi connectivity index (χ1v) is 7.02. The first-order valence-electron chi connectivity index (χ1n) is 6.64. The van der Waals surface area contributed by atoms with E-state index in [4.69, 9.17) is 11.6 Å². The van der Waals surface area contributed by atoms with Crippen LogP contribution in [0.25, 0.3) is 11.4 Å². The van der Waals surface area contributed by atoms with E-state index in [-0.39, 0.29) is 5.82 Å². The van der Waals surface area contributed by atoms with Crippen molar-refractivity contribution in [2.45, 2.75) is 6.54 Å². The molecule has 110 valence electrons. The van der Waals surface area contributed by atoms with Crippen LogP contribution in [-0.2, 0) is 6.54 Å². The Morgan fingerprint density at radius 2 is 1.73 bits per heavy atom. The SMILES string of the molecule is Fc1ccc(CNc2cc(Cl)nc(-c3ccncc3)n2)cc1. The molecule has 0 aliphatic carbocycles. The molecule has 2 heterocycles. The van der Waals surface area contributed by atoms with Crippen LogP contribution in [0.1, 0.15) is 5.56 Å². The first kappa shape index (κ1) is 14.4. The van der Waals surface area contributed by atoms with Gasteiger partial charge in [-0.05, 0) is 29.8 Å². The van der Waals surface area contributed by atoms with Gasteiger partial charge in [-0.3, -0.25) is 4.98 Å². The molecule has 3 aromatic rings. The molecule has 0 bridgehead atoms. The fourth-order valence-electron chi connectivity index (χ4n) is 1.93. The van der Waals surface area contributed by atoms with Crippen molar-refractivity contribution in [2.24, 2.45) is 0 Å². The summed E-state index contributed by atoms with van der Waals surface area (Å²) in [5, 5.41) is 3.51. The number of nitrogens with one attached hydrogen (secondary N) is 1. The predicted octanol–water partition coefficient (Wildman–Crippen LogP) is 3.94. The van der Waals surface area contributed by atoms with Crippen LogP contribution in [0.15, 0.2) is 54.9 Å². The van der Waals surface area contributed by atoms with Gasteiger partial charge in [0.1, 0.15) is 16.8 Å². The van der Waals surface area contributed by atoms with Crippen LogP contribution >= 0.6 is 11.6 Å². The number of hydrogen-bond donors (Lipinski definition) is 1. The van der Waals surface area contributed by atoms with E-state index in [1.165, 1.54) is 12.1 Å². The Morgan fingerprint density at radius 1 is 1.00 bits per heavy atom. The van der Waals surface area contributed by atoms with Gasteiger partial charge in [0.05, 0.1) is 0 Å². The highest BCUT2D eigenvalue weighted by atomic mass is 35.5. The maximum atomic E-state index is 12.9. The summed E-state index contributed by atoms with van der Waals surface area (Å²) in [5.74, 6) is 0.876. The lowest BCUT2D eigenvalue weighted by Gasteiger charge is -2.08. The Kier molecular flexibility index (Phi) is 4.25. The molecule has 3 rings (SSSR count). The van der Waals surface area contributed by atoms with Crippen LogP contribution in [0.5, 0.6) is 0 Å². The fraction of sp³-hybridized carbons (Fsp3) is 0.0625. The van der Waals surface area contributed by atoms with Crippen LogP contribution in [-0.4, -0.2) is 15.0 Å². The van der Waals surface area contributed by atoms with Gasteiger partial charge in [-0.25, -0.2) is 14.4 Å². The van der Waals surface area contributed by atoms with Gasteiger partial charge < -0.3 is 5.32 Å². The average molecular weight is 315 g/mol. The minimum absolute atomic E-state index is 0.256. The molecular formula is C16H12ClFN4. The van der Waals surface area contributed by atoms with Gasteiger partial charge in [0.2, 0.25) is 0 Å². The van der Waals surface area contributed by atoms with E-state index in [9.17, 15) is 4.39 Å². The molecule has 0 amide bonds. The number of hydrogen-bond acceptors (Lipinski definition) is 4. The van der Waals surface area contributed by atoms with Crippen molar-refractivity contribution >= 4 is 17.4 Å². The second-order valence-corrected chi connectivity index (χ2v) is 5.00. The molecule has 2 aromatic heterocycles. The van der Waals surface area contributed by atoms with Crippen LogP contribution < -0.4 is 5.32 Å². The summed E-state index contributed by atoms with van der Waals surface area (Å²) in [7, 11) is 0. The second kappa shape index (κ2) is 6.49. The number of rotatable bonds is 4. The first-order chi connectivity index (χ1) is 10.7. The van der Waals surface area contributed by atoms with Crippen molar-refractivity contribution in [3.8, 4) is 11.4 Å². The van der Waals surface area contributed by atoms with Gasteiger partial charge in [-0.1, -0.05) is 23.7 Å². The van der Waals surface area contributed by atoms with Crippen molar-refractivity contribution in [1.29, 1.82) is 0 Å². The topological polar surface area (TPSA) is 50.7 Å². The predicted molar refractivity (Wildman–Crippen MR) is 84.0 cm³/mol. The van der Waals surface area contributed by atoms with Gasteiger partial charge in [0.25, 0.3) is 0 Å². The molecule has 1 N–H and O–H groups in total. The van der Waals surface area contributed by atoms with Crippen molar-refractivity contribution in [3.05, 3.63) is 71.4 Å². The van der Waals surface area contributed by atoms with Gasteiger partial charge in [-0.2, -0.15) is 0 Å². The highest BCUT2D eigenvalue weighted by Crippen LogP contribution is 2.20.